The number of amidine groups is 1. The van der Waals surface area contributed by atoms with Crippen molar-refractivity contribution in [2.24, 2.45) is 11.7 Å². The number of nitrogens with zero attached hydrogens (tertiary/aromatic N) is 1. The molecular formula is C14H20ClN3. The zero-order valence-electron chi connectivity index (χ0n) is 10.7. The van der Waals surface area contributed by atoms with Crippen LogP contribution < -0.4 is 10.6 Å². The summed E-state index contributed by atoms with van der Waals surface area (Å²) in [6.45, 7) is 1.08. The Bertz CT molecular complexity index is 439. The number of anilines is 1. The fourth-order valence-electron chi connectivity index (χ4n) is 2.65. The van der Waals surface area contributed by atoms with E-state index in [4.69, 9.17) is 22.7 Å². The molecular weight excluding hydrogens is 246 g/mol. The highest BCUT2D eigenvalue weighted by Gasteiger charge is 2.17. The van der Waals surface area contributed by atoms with Gasteiger partial charge in [-0.25, -0.2) is 0 Å². The Morgan fingerprint density at radius 1 is 1.44 bits per heavy atom. The minimum atomic E-state index is 0.0185. The lowest BCUT2D eigenvalue weighted by Crippen LogP contribution is -2.24. The van der Waals surface area contributed by atoms with Gasteiger partial charge in [-0.05, 0) is 37.0 Å². The molecule has 0 unspecified atom stereocenters. The largest absolute Gasteiger partial charge is 0.384 e. The molecule has 0 heterocycles. The molecule has 18 heavy (non-hydrogen) atoms. The van der Waals surface area contributed by atoms with Crippen LogP contribution in [0.25, 0.3) is 0 Å². The van der Waals surface area contributed by atoms with Crippen molar-refractivity contribution in [2.45, 2.75) is 25.7 Å². The lowest BCUT2D eigenvalue weighted by molar-refractivity contribution is 0.547. The standard InChI is InChI=1S/C14H20ClN3/c1-18(9-10-4-2-3-5-10)11-6-7-12(14(16)17)13(15)8-11/h6-8,10H,2-5,9H2,1H3,(H3,16,17). The average molecular weight is 266 g/mol. The van der Waals surface area contributed by atoms with E-state index in [0.29, 0.717) is 10.6 Å². The van der Waals surface area contributed by atoms with Crippen LogP contribution in [0.3, 0.4) is 0 Å². The zero-order chi connectivity index (χ0) is 13.1. The first kappa shape index (κ1) is 13.2. The molecule has 0 saturated heterocycles. The topological polar surface area (TPSA) is 53.1 Å². The molecule has 1 aromatic carbocycles. The van der Waals surface area contributed by atoms with E-state index in [1.54, 1.807) is 0 Å². The molecule has 1 aliphatic carbocycles. The van der Waals surface area contributed by atoms with Crippen LogP contribution in [0.5, 0.6) is 0 Å². The Kier molecular flexibility index (Phi) is 4.12. The highest BCUT2D eigenvalue weighted by atomic mass is 35.5. The van der Waals surface area contributed by atoms with E-state index in [1.807, 2.05) is 18.2 Å². The van der Waals surface area contributed by atoms with Gasteiger partial charge in [-0.15, -0.1) is 0 Å². The van der Waals surface area contributed by atoms with Gasteiger partial charge in [0.1, 0.15) is 5.84 Å². The third kappa shape index (κ3) is 2.96. The fraction of sp³-hybridized carbons (Fsp3) is 0.500. The van der Waals surface area contributed by atoms with Gasteiger partial charge >= 0.3 is 0 Å². The number of hydrogen-bond donors (Lipinski definition) is 2. The van der Waals surface area contributed by atoms with Gasteiger partial charge in [0.05, 0.1) is 5.02 Å². The van der Waals surface area contributed by atoms with E-state index >= 15 is 0 Å². The Hall–Kier alpha value is -1.22. The molecule has 0 bridgehead atoms. The smallest absolute Gasteiger partial charge is 0.124 e. The summed E-state index contributed by atoms with van der Waals surface area (Å²) < 4.78 is 0. The zero-order valence-corrected chi connectivity index (χ0v) is 11.5. The van der Waals surface area contributed by atoms with Crippen molar-refractivity contribution in [3.05, 3.63) is 28.8 Å². The van der Waals surface area contributed by atoms with Gasteiger partial charge in [-0.3, -0.25) is 5.41 Å². The second-order valence-electron chi connectivity index (χ2n) is 5.11. The van der Waals surface area contributed by atoms with E-state index in [1.165, 1.54) is 25.7 Å². The van der Waals surface area contributed by atoms with E-state index < -0.39 is 0 Å². The molecule has 1 aliphatic rings. The molecule has 0 amide bonds. The number of nitrogens with two attached hydrogens (primary N) is 1. The Labute approximate surface area is 113 Å². The van der Waals surface area contributed by atoms with Crippen molar-refractivity contribution in [1.29, 1.82) is 5.41 Å². The Balaban J connectivity index is 2.08. The lowest BCUT2D eigenvalue weighted by atomic mass is 10.1. The third-order valence-electron chi connectivity index (χ3n) is 3.69. The molecule has 0 atom stereocenters. The van der Waals surface area contributed by atoms with Crippen LogP contribution in [0.1, 0.15) is 31.2 Å². The molecule has 0 aromatic heterocycles. The third-order valence-corrected chi connectivity index (χ3v) is 4.00. The van der Waals surface area contributed by atoms with Crippen molar-refractivity contribution in [3.63, 3.8) is 0 Å². The molecule has 0 radical (unpaired) electrons. The first-order valence-electron chi connectivity index (χ1n) is 6.43. The van der Waals surface area contributed by atoms with Crippen LogP contribution in [0.15, 0.2) is 18.2 Å². The molecule has 1 fully saturated rings. The monoisotopic (exact) mass is 265 g/mol. The number of nitrogen functional groups attached to an aromatic ring is 1. The first-order valence-corrected chi connectivity index (χ1v) is 6.81. The van der Waals surface area contributed by atoms with Gasteiger partial charge in [0, 0.05) is 24.8 Å². The maximum Gasteiger partial charge on any atom is 0.124 e. The van der Waals surface area contributed by atoms with Gasteiger partial charge in [-0.1, -0.05) is 24.4 Å². The van der Waals surface area contributed by atoms with E-state index in [0.717, 1.165) is 18.2 Å². The maximum atomic E-state index is 7.41. The van der Waals surface area contributed by atoms with Gasteiger partial charge in [0.15, 0.2) is 0 Å². The van der Waals surface area contributed by atoms with E-state index in [-0.39, 0.29) is 5.84 Å². The Morgan fingerprint density at radius 3 is 2.67 bits per heavy atom. The van der Waals surface area contributed by atoms with E-state index in [2.05, 4.69) is 11.9 Å². The fourth-order valence-corrected chi connectivity index (χ4v) is 2.92. The molecule has 0 aliphatic heterocycles. The molecule has 98 valence electrons. The minimum absolute atomic E-state index is 0.0185. The number of rotatable bonds is 4. The van der Waals surface area contributed by atoms with Gasteiger partial charge in [0.25, 0.3) is 0 Å². The molecule has 3 nitrogen and oxygen atoms in total. The predicted molar refractivity (Wildman–Crippen MR) is 77.7 cm³/mol. The molecule has 1 aromatic rings. The molecule has 0 spiro atoms. The summed E-state index contributed by atoms with van der Waals surface area (Å²) in [5.74, 6) is 0.825. The van der Waals surface area contributed by atoms with E-state index in [9.17, 15) is 0 Å². The first-order chi connectivity index (χ1) is 8.58. The number of benzene rings is 1. The summed E-state index contributed by atoms with van der Waals surface area (Å²) in [6, 6.07) is 5.70. The van der Waals surface area contributed by atoms with Crippen molar-refractivity contribution in [2.75, 3.05) is 18.5 Å². The average Bonchev–Trinajstić information content (AvgIpc) is 2.81. The van der Waals surface area contributed by atoms with Crippen molar-refractivity contribution >= 4 is 23.1 Å². The molecule has 3 N–H and O–H groups in total. The number of nitrogens with one attached hydrogen (secondary N) is 1. The molecule has 1 saturated carbocycles. The number of hydrogen-bond acceptors (Lipinski definition) is 2. The minimum Gasteiger partial charge on any atom is -0.384 e. The van der Waals surface area contributed by atoms with Crippen molar-refractivity contribution < 1.29 is 0 Å². The highest BCUT2D eigenvalue weighted by molar-refractivity contribution is 6.34. The predicted octanol–water partition coefficient (Wildman–Crippen LogP) is 3.25. The summed E-state index contributed by atoms with van der Waals surface area (Å²) in [4.78, 5) is 2.24. The van der Waals surface area contributed by atoms with Gasteiger partial charge in [0.2, 0.25) is 0 Å². The summed E-state index contributed by atoms with van der Waals surface area (Å²) in [7, 11) is 2.09. The maximum absolute atomic E-state index is 7.41. The van der Waals surface area contributed by atoms with Gasteiger partial charge < -0.3 is 10.6 Å². The number of halogens is 1. The second kappa shape index (κ2) is 5.61. The SMILES string of the molecule is CN(CC1CCCC1)c1ccc(C(=N)N)c(Cl)c1. The van der Waals surface area contributed by atoms with Crippen LogP contribution in [-0.2, 0) is 0 Å². The summed E-state index contributed by atoms with van der Waals surface area (Å²) >= 11 is 6.14. The summed E-state index contributed by atoms with van der Waals surface area (Å²) in [5, 5.41) is 7.97. The van der Waals surface area contributed by atoms with Crippen LogP contribution in [-0.4, -0.2) is 19.4 Å². The Morgan fingerprint density at radius 2 is 2.11 bits per heavy atom. The summed E-state index contributed by atoms with van der Waals surface area (Å²) in [6.07, 6.45) is 5.40. The van der Waals surface area contributed by atoms with Crippen LogP contribution in [0.2, 0.25) is 5.02 Å². The van der Waals surface area contributed by atoms with Crippen molar-refractivity contribution in [1.82, 2.24) is 0 Å². The quantitative estimate of drug-likeness (QED) is 0.649. The normalized spacial score (nSPS) is 15.9. The van der Waals surface area contributed by atoms with Crippen LogP contribution in [0.4, 0.5) is 5.69 Å². The van der Waals surface area contributed by atoms with Gasteiger partial charge in [-0.2, -0.15) is 0 Å². The molecule has 4 heteroatoms. The van der Waals surface area contributed by atoms with Crippen LogP contribution >= 0.6 is 11.6 Å². The van der Waals surface area contributed by atoms with Crippen molar-refractivity contribution in [3.8, 4) is 0 Å². The second-order valence-corrected chi connectivity index (χ2v) is 5.52. The highest BCUT2D eigenvalue weighted by Crippen LogP contribution is 2.28. The lowest BCUT2D eigenvalue weighted by Gasteiger charge is -2.23. The van der Waals surface area contributed by atoms with Crippen LogP contribution in [0, 0.1) is 11.3 Å². The summed E-state index contributed by atoms with van der Waals surface area (Å²) in [5.41, 5.74) is 7.16. The molecule has 2 rings (SSSR count).